The molecule has 3 aromatic rings. The molecule has 1 heterocycles. The number of ether oxygens (including phenoxy) is 2. The molecule has 1 unspecified atom stereocenters. The SMILES string of the molecule is CCCCCCCCOc1cnc(-c2ccc(-c3ccc(OC(=O)CC(CCCCCCCC)C(F)(F)F)cc3)cc2)nc1. The van der Waals surface area contributed by atoms with Crippen LogP contribution < -0.4 is 9.47 Å². The number of halogens is 3. The number of alkyl halides is 3. The summed E-state index contributed by atoms with van der Waals surface area (Å²) in [7, 11) is 0. The highest BCUT2D eigenvalue weighted by atomic mass is 19.4. The van der Waals surface area contributed by atoms with E-state index in [2.05, 4.69) is 23.8 Å². The van der Waals surface area contributed by atoms with Gasteiger partial charge in [-0.2, -0.15) is 13.2 Å². The van der Waals surface area contributed by atoms with Crippen LogP contribution in [-0.2, 0) is 4.79 Å². The smallest absolute Gasteiger partial charge is 0.392 e. The largest absolute Gasteiger partial charge is 0.490 e. The fraction of sp³-hybridized carbons (Fsp3) is 0.528. The molecular formula is C36H47F3N2O3. The highest BCUT2D eigenvalue weighted by Crippen LogP contribution is 2.34. The monoisotopic (exact) mass is 612 g/mol. The van der Waals surface area contributed by atoms with Crippen molar-refractivity contribution in [1.29, 1.82) is 0 Å². The van der Waals surface area contributed by atoms with Gasteiger partial charge in [0.1, 0.15) is 5.75 Å². The summed E-state index contributed by atoms with van der Waals surface area (Å²) in [5.41, 5.74) is 2.68. The number of hydrogen-bond acceptors (Lipinski definition) is 5. The van der Waals surface area contributed by atoms with E-state index in [1.54, 1.807) is 36.7 Å². The third-order valence-electron chi connectivity index (χ3n) is 7.74. The number of aromatic nitrogens is 2. The summed E-state index contributed by atoms with van der Waals surface area (Å²) in [6, 6.07) is 14.5. The zero-order chi connectivity index (χ0) is 31.6. The number of carbonyl (C=O) groups is 1. The van der Waals surface area contributed by atoms with E-state index in [1.165, 1.54) is 32.1 Å². The van der Waals surface area contributed by atoms with Crippen molar-refractivity contribution in [3.63, 3.8) is 0 Å². The third kappa shape index (κ3) is 12.7. The van der Waals surface area contributed by atoms with E-state index < -0.39 is 24.5 Å². The lowest BCUT2D eigenvalue weighted by Gasteiger charge is -2.19. The predicted octanol–water partition coefficient (Wildman–Crippen LogP) is 10.8. The molecule has 0 aliphatic rings. The normalized spacial score (nSPS) is 12.2. The van der Waals surface area contributed by atoms with Crippen LogP contribution in [0.4, 0.5) is 13.2 Å². The Morgan fingerprint density at radius 1 is 0.682 bits per heavy atom. The summed E-state index contributed by atoms with van der Waals surface area (Å²) in [6.45, 7) is 4.97. The number of carbonyl (C=O) groups excluding carboxylic acids is 1. The van der Waals surface area contributed by atoms with E-state index in [-0.39, 0.29) is 12.2 Å². The van der Waals surface area contributed by atoms with Crippen LogP contribution in [0.25, 0.3) is 22.5 Å². The average Bonchev–Trinajstić information content (AvgIpc) is 3.02. The van der Waals surface area contributed by atoms with Crippen LogP contribution in [0.5, 0.6) is 11.5 Å². The van der Waals surface area contributed by atoms with Crippen LogP contribution in [0, 0.1) is 5.92 Å². The van der Waals surface area contributed by atoms with E-state index in [9.17, 15) is 18.0 Å². The number of hydrogen-bond donors (Lipinski definition) is 0. The first kappa shape index (κ1) is 35.1. The van der Waals surface area contributed by atoms with Crippen LogP contribution >= 0.6 is 0 Å². The van der Waals surface area contributed by atoms with Gasteiger partial charge in [-0.15, -0.1) is 0 Å². The first-order valence-electron chi connectivity index (χ1n) is 16.2. The Labute approximate surface area is 260 Å². The zero-order valence-electron chi connectivity index (χ0n) is 26.2. The molecule has 0 aliphatic carbocycles. The van der Waals surface area contributed by atoms with E-state index in [0.717, 1.165) is 55.2 Å². The Kier molecular flexibility index (Phi) is 15.2. The second-order valence-electron chi connectivity index (χ2n) is 11.4. The Morgan fingerprint density at radius 2 is 1.18 bits per heavy atom. The third-order valence-corrected chi connectivity index (χ3v) is 7.74. The minimum absolute atomic E-state index is 0.0537. The Balaban J connectivity index is 1.47. The van der Waals surface area contributed by atoms with Gasteiger partial charge < -0.3 is 9.47 Å². The van der Waals surface area contributed by atoms with Gasteiger partial charge in [-0.1, -0.05) is 121 Å². The number of esters is 1. The van der Waals surface area contributed by atoms with Crippen molar-refractivity contribution in [2.75, 3.05) is 6.61 Å². The van der Waals surface area contributed by atoms with E-state index in [0.29, 0.717) is 24.6 Å². The molecule has 0 N–H and O–H groups in total. The van der Waals surface area contributed by atoms with Gasteiger partial charge in [-0.25, -0.2) is 9.97 Å². The molecule has 0 saturated heterocycles. The van der Waals surface area contributed by atoms with E-state index in [1.807, 2.05) is 24.3 Å². The molecule has 5 nitrogen and oxygen atoms in total. The van der Waals surface area contributed by atoms with Crippen molar-refractivity contribution in [3.8, 4) is 34.0 Å². The summed E-state index contributed by atoms with van der Waals surface area (Å²) < 4.78 is 51.6. The molecule has 0 saturated carbocycles. The van der Waals surface area contributed by atoms with Crippen LogP contribution in [0.3, 0.4) is 0 Å². The second kappa shape index (κ2) is 19.1. The molecule has 0 spiro atoms. The van der Waals surface area contributed by atoms with E-state index >= 15 is 0 Å². The molecule has 44 heavy (non-hydrogen) atoms. The summed E-state index contributed by atoms with van der Waals surface area (Å²) in [4.78, 5) is 21.2. The zero-order valence-corrected chi connectivity index (χ0v) is 26.2. The van der Waals surface area contributed by atoms with Crippen LogP contribution in [-0.4, -0.2) is 28.7 Å². The Bertz CT molecular complexity index is 1210. The summed E-state index contributed by atoms with van der Waals surface area (Å²) >= 11 is 0. The van der Waals surface area contributed by atoms with Crippen LogP contribution in [0.1, 0.15) is 104 Å². The van der Waals surface area contributed by atoms with Crippen molar-refractivity contribution in [3.05, 3.63) is 60.9 Å². The molecule has 1 aromatic heterocycles. The molecule has 0 fully saturated rings. The molecule has 2 aromatic carbocycles. The maximum Gasteiger partial charge on any atom is 0.392 e. The lowest BCUT2D eigenvalue weighted by Crippen LogP contribution is -2.27. The van der Waals surface area contributed by atoms with Gasteiger partial charge in [0.05, 0.1) is 31.3 Å². The first-order valence-corrected chi connectivity index (χ1v) is 16.2. The highest BCUT2D eigenvalue weighted by molar-refractivity contribution is 5.73. The maximum absolute atomic E-state index is 13.5. The molecule has 0 aliphatic heterocycles. The van der Waals surface area contributed by atoms with Gasteiger partial charge >= 0.3 is 12.1 Å². The van der Waals surface area contributed by atoms with Gasteiger partial charge in [-0.3, -0.25) is 4.79 Å². The van der Waals surface area contributed by atoms with Crippen LogP contribution in [0.2, 0.25) is 0 Å². The quantitative estimate of drug-likeness (QED) is 0.0722. The van der Waals surface area contributed by atoms with Crippen molar-refractivity contribution < 1.29 is 27.4 Å². The van der Waals surface area contributed by atoms with Gasteiger partial charge in [0.15, 0.2) is 11.6 Å². The molecule has 240 valence electrons. The van der Waals surface area contributed by atoms with Crippen molar-refractivity contribution in [1.82, 2.24) is 9.97 Å². The molecule has 1 atom stereocenters. The standard InChI is InChI=1S/C36H47F3N2O3/c1-3-5-7-9-11-13-15-31(36(37,38)39)25-34(42)44-32-22-20-29(21-23-32)28-16-18-30(19-17-28)35-40-26-33(27-41-35)43-24-14-12-10-8-6-4-2/h16-23,26-27,31H,3-15,24-25H2,1-2H3. The number of unbranched alkanes of at least 4 members (excludes halogenated alkanes) is 10. The molecular weight excluding hydrogens is 565 g/mol. The lowest BCUT2D eigenvalue weighted by atomic mass is 9.96. The predicted molar refractivity (Wildman–Crippen MR) is 170 cm³/mol. The Hall–Kier alpha value is -3.42. The Morgan fingerprint density at radius 3 is 1.75 bits per heavy atom. The van der Waals surface area contributed by atoms with E-state index in [4.69, 9.17) is 9.47 Å². The minimum Gasteiger partial charge on any atom is -0.490 e. The number of nitrogens with zero attached hydrogens (tertiary/aromatic N) is 2. The average molecular weight is 613 g/mol. The summed E-state index contributed by atoms with van der Waals surface area (Å²) in [5.74, 6) is -1.07. The molecule has 0 bridgehead atoms. The van der Waals surface area contributed by atoms with Gasteiger partial charge in [0, 0.05) is 5.56 Å². The molecule has 3 rings (SSSR count). The fourth-order valence-electron chi connectivity index (χ4n) is 5.07. The summed E-state index contributed by atoms with van der Waals surface area (Å²) in [5, 5.41) is 0. The van der Waals surface area contributed by atoms with Gasteiger partial charge in [0.25, 0.3) is 0 Å². The van der Waals surface area contributed by atoms with Crippen molar-refractivity contribution in [2.45, 2.75) is 110 Å². The van der Waals surface area contributed by atoms with Crippen LogP contribution in [0.15, 0.2) is 60.9 Å². The maximum atomic E-state index is 13.5. The first-order chi connectivity index (χ1) is 21.3. The number of rotatable bonds is 20. The lowest BCUT2D eigenvalue weighted by molar-refractivity contribution is -0.183. The van der Waals surface area contributed by atoms with Crippen molar-refractivity contribution in [2.24, 2.45) is 5.92 Å². The van der Waals surface area contributed by atoms with Crippen molar-refractivity contribution >= 4 is 5.97 Å². The second-order valence-corrected chi connectivity index (χ2v) is 11.4. The topological polar surface area (TPSA) is 61.3 Å². The van der Waals surface area contributed by atoms with Gasteiger partial charge in [0.2, 0.25) is 0 Å². The molecule has 0 radical (unpaired) electrons. The molecule has 0 amide bonds. The van der Waals surface area contributed by atoms with Gasteiger partial charge in [-0.05, 0) is 36.1 Å². The fourth-order valence-corrected chi connectivity index (χ4v) is 5.07. The summed E-state index contributed by atoms with van der Waals surface area (Å²) in [6.07, 6.45) is 10.8. The minimum atomic E-state index is -4.42. The molecule has 8 heteroatoms. The highest BCUT2D eigenvalue weighted by Gasteiger charge is 2.40. The number of benzene rings is 2.